The number of carbonyl (C=O) groups is 1. The van der Waals surface area contributed by atoms with Crippen LogP contribution in [0.5, 0.6) is 0 Å². The number of nitrogens with zero attached hydrogens (tertiary/aromatic N) is 1. The van der Waals surface area contributed by atoms with Crippen molar-refractivity contribution in [2.24, 2.45) is 0 Å². The van der Waals surface area contributed by atoms with Crippen LogP contribution in [-0.2, 0) is 4.79 Å². The van der Waals surface area contributed by atoms with Crippen molar-refractivity contribution < 1.29 is 9.18 Å². The Hall–Kier alpha value is -1.54. The highest BCUT2D eigenvalue weighted by atomic mass is 32.2. The summed E-state index contributed by atoms with van der Waals surface area (Å²) < 4.78 is 12.9. The molecule has 0 radical (unpaired) electrons. The number of nitrogens with one attached hydrogen (secondary N) is 1. The van der Waals surface area contributed by atoms with Crippen molar-refractivity contribution in [3.8, 4) is 6.07 Å². The zero-order chi connectivity index (χ0) is 12.7. The maximum absolute atomic E-state index is 12.9. The summed E-state index contributed by atoms with van der Waals surface area (Å²) in [6, 6.07) is 5.89. The molecule has 1 aromatic rings. The summed E-state index contributed by atoms with van der Waals surface area (Å²) >= 11 is 1.24. The van der Waals surface area contributed by atoms with Gasteiger partial charge in [0.1, 0.15) is 11.9 Å². The van der Waals surface area contributed by atoms with E-state index < -0.39 is 5.82 Å². The highest BCUT2D eigenvalue weighted by Gasteiger charge is 2.07. The van der Waals surface area contributed by atoms with Crippen LogP contribution >= 0.6 is 11.8 Å². The molecular weight excluding hydrogens is 239 g/mol. The third kappa shape index (κ3) is 4.45. The standard InChI is InChI=1S/C12H13FN2OS/c1-2-5-15-12(16)8-17-11-4-3-10(13)6-9(11)7-14/h3-4,6H,2,5,8H2,1H3,(H,15,16). The molecule has 3 nitrogen and oxygen atoms in total. The van der Waals surface area contributed by atoms with Crippen molar-refractivity contribution in [3.05, 3.63) is 29.6 Å². The van der Waals surface area contributed by atoms with Gasteiger partial charge < -0.3 is 5.32 Å². The van der Waals surface area contributed by atoms with E-state index in [9.17, 15) is 9.18 Å². The molecular formula is C12H13FN2OS. The molecule has 0 atom stereocenters. The minimum Gasteiger partial charge on any atom is -0.355 e. The van der Waals surface area contributed by atoms with Crippen LogP contribution in [0, 0.1) is 17.1 Å². The molecule has 1 rings (SSSR count). The molecule has 0 aromatic heterocycles. The number of nitriles is 1. The summed E-state index contributed by atoms with van der Waals surface area (Å²) in [7, 11) is 0. The number of hydrogen-bond acceptors (Lipinski definition) is 3. The van der Waals surface area contributed by atoms with Crippen molar-refractivity contribution in [2.75, 3.05) is 12.3 Å². The number of carbonyl (C=O) groups excluding carboxylic acids is 1. The van der Waals surface area contributed by atoms with Crippen LogP contribution in [0.25, 0.3) is 0 Å². The number of thioether (sulfide) groups is 1. The second-order valence-corrected chi connectivity index (χ2v) is 4.41. The number of rotatable bonds is 5. The lowest BCUT2D eigenvalue weighted by Crippen LogP contribution is -2.25. The van der Waals surface area contributed by atoms with E-state index >= 15 is 0 Å². The zero-order valence-electron chi connectivity index (χ0n) is 9.50. The zero-order valence-corrected chi connectivity index (χ0v) is 10.3. The van der Waals surface area contributed by atoms with E-state index in [-0.39, 0.29) is 17.2 Å². The van der Waals surface area contributed by atoms with Crippen LogP contribution in [0.1, 0.15) is 18.9 Å². The average Bonchev–Trinajstić information content (AvgIpc) is 2.34. The fourth-order valence-corrected chi connectivity index (χ4v) is 1.99. The highest BCUT2D eigenvalue weighted by molar-refractivity contribution is 8.00. The number of halogens is 1. The minimum absolute atomic E-state index is 0.0786. The van der Waals surface area contributed by atoms with Crippen LogP contribution in [0.4, 0.5) is 4.39 Å². The Morgan fingerprint density at radius 2 is 2.35 bits per heavy atom. The van der Waals surface area contributed by atoms with Gasteiger partial charge in [0, 0.05) is 11.4 Å². The average molecular weight is 252 g/mol. The lowest BCUT2D eigenvalue weighted by molar-refractivity contribution is -0.118. The van der Waals surface area contributed by atoms with E-state index in [1.54, 1.807) is 0 Å². The fraction of sp³-hybridized carbons (Fsp3) is 0.333. The Balaban J connectivity index is 2.58. The topological polar surface area (TPSA) is 52.9 Å². The van der Waals surface area contributed by atoms with Crippen molar-refractivity contribution in [1.29, 1.82) is 5.26 Å². The smallest absolute Gasteiger partial charge is 0.230 e. The number of benzene rings is 1. The molecule has 17 heavy (non-hydrogen) atoms. The van der Waals surface area contributed by atoms with E-state index in [1.807, 2.05) is 13.0 Å². The van der Waals surface area contributed by atoms with Gasteiger partial charge in [-0.15, -0.1) is 11.8 Å². The third-order valence-electron chi connectivity index (χ3n) is 1.99. The van der Waals surface area contributed by atoms with Crippen LogP contribution in [-0.4, -0.2) is 18.2 Å². The maximum Gasteiger partial charge on any atom is 0.230 e. The molecule has 0 unspecified atom stereocenters. The normalized spacial score (nSPS) is 9.71. The molecule has 0 bridgehead atoms. The summed E-state index contributed by atoms with van der Waals surface area (Å²) in [6.07, 6.45) is 0.885. The van der Waals surface area contributed by atoms with Gasteiger partial charge >= 0.3 is 0 Å². The molecule has 0 saturated heterocycles. The quantitative estimate of drug-likeness (QED) is 0.818. The van der Waals surface area contributed by atoms with Crippen LogP contribution in [0.3, 0.4) is 0 Å². The molecule has 0 aliphatic carbocycles. The van der Waals surface area contributed by atoms with Gasteiger partial charge in [0.2, 0.25) is 5.91 Å². The maximum atomic E-state index is 12.9. The first-order chi connectivity index (χ1) is 8.17. The molecule has 5 heteroatoms. The first-order valence-corrected chi connectivity index (χ1v) is 6.25. The molecule has 1 N–H and O–H groups in total. The summed E-state index contributed by atoms with van der Waals surface area (Å²) in [5.41, 5.74) is 0.262. The Bertz CT molecular complexity index is 443. The second-order valence-electron chi connectivity index (χ2n) is 3.39. The number of amides is 1. The highest BCUT2D eigenvalue weighted by Crippen LogP contribution is 2.22. The van der Waals surface area contributed by atoms with E-state index in [0.717, 1.165) is 6.42 Å². The fourth-order valence-electron chi connectivity index (χ4n) is 1.17. The lowest BCUT2D eigenvalue weighted by atomic mass is 10.2. The summed E-state index contributed by atoms with van der Waals surface area (Å²) in [5.74, 6) is -0.285. The van der Waals surface area contributed by atoms with E-state index in [4.69, 9.17) is 5.26 Å². The van der Waals surface area contributed by atoms with Gasteiger partial charge in [-0.3, -0.25) is 4.79 Å². The third-order valence-corrected chi connectivity index (χ3v) is 3.07. The SMILES string of the molecule is CCCNC(=O)CSc1ccc(F)cc1C#N. The predicted molar refractivity (Wildman–Crippen MR) is 65.1 cm³/mol. The van der Waals surface area contributed by atoms with Crippen molar-refractivity contribution in [2.45, 2.75) is 18.2 Å². The minimum atomic E-state index is -0.443. The molecule has 1 aromatic carbocycles. The van der Waals surface area contributed by atoms with E-state index in [2.05, 4.69) is 5.32 Å². The Morgan fingerprint density at radius 3 is 3.00 bits per heavy atom. The lowest BCUT2D eigenvalue weighted by Gasteiger charge is -2.04. The van der Waals surface area contributed by atoms with E-state index in [1.165, 1.54) is 30.0 Å². The summed E-state index contributed by atoms with van der Waals surface area (Å²) in [6.45, 7) is 2.62. The van der Waals surface area contributed by atoms with Crippen LogP contribution < -0.4 is 5.32 Å². The van der Waals surface area contributed by atoms with Gasteiger partial charge in [-0.05, 0) is 24.6 Å². The molecule has 0 aliphatic rings. The molecule has 0 spiro atoms. The van der Waals surface area contributed by atoms with E-state index in [0.29, 0.717) is 11.4 Å². The summed E-state index contributed by atoms with van der Waals surface area (Å²) in [5, 5.41) is 11.6. The Kier molecular flexibility index (Phi) is 5.50. The van der Waals surface area contributed by atoms with Crippen molar-refractivity contribution in [1.82, 2.24) is 5.32 Å². The Labute approximate surface area is 104 Å². The molecule has 1 amide bonds. The molecule has 90 valence electrons. The summed E-state index contributed by atoms with van der Waals surface area (Å²) in [4.78, 5) is 12.0. The van der Waals surface area contributed by atoms with Gasteiger partial charge in [-0.25, -0.2) is 4.39 Å². The van der Waals surface area contributed by atoms with Crippen LogP contribution in [0.2, 0.25) is 0 Å². The van der Waals surface area contributed by atoms with Crippen LogP contribution in [0.15, 0.2) is 23.1 Å². The van der Waals surface area contributed by atoms with Gasteiger partial charge in [0.05, 0.1) is 11.3 Å². The van der Waals surface area contributed by atoms with Gasteiger partial charge in [-0.2, -0.15) is 5.26 Å². The first-order valence-electron chi connectivity index (χ1n) is 5.26. The molecule has 0 fully saturated rings. The molecule has 0 heterocycles. The predicted octanol–water partition coefficient (Wildman–Crippen LogP) is 2.32. The first kappa shape index (κ1) is 13.5. The molecule has 0 aliphatic heterocycles. The van der Waals surface area contributed by atoms with Gasteiger partial charge in [0.15, 0.2) is 0 Å². The van der Waals surface area contributed by atoms with Crippen molar-refractivity contribution >= 4 is 17.7 Å². The number of hydrogen-bond donors (Lipinski definition) is 1. The largest absolute Gasteiger partial charge is 0.355 e. The monoisotopic (exact) mass is 252 g/mol. The van der Waals surface area contributed by atoms with Gasteiger partial charge in [-0.1, -0.05) is 6.92 Å². The van der Waals surface area contributed by atoms with Gasteiger partial charge in [0.25, 0.3) is 0 Å². The molecule has 0 saturated carbocycles. The second kappa shape index (κ2) is 6.92. The Morgan fingerprint density at radius 1 is 1.59 bits per heavy atom. The van der Waals surface area contributed by atoms with Crippen molar-refractivity contribution in [3.63, 3.8) is 0 Å².